The summed E-state index contributed by atoms with van der Waals surface area (Å²) in [5.41, 5.74) is 0. The first-order chi connectivity index (χ1) is 39.5. The predicted molar refractivity (Wildman–Crippen MR) is 352 cm³/mol. The van der Waals surface area contributed by atoms with E-state index in [-0.39, 0.29) is 18.5 Å². The Hall–Kier alpha value is -1.66. The highest BCUT2D eigenvalue weighted by molar-refractivity contribution is 5.76. The van der Waals surface area contributed by atoms with Gasteiger partial charge in [0.1, 0.15) is 0 Å². The molecule has 0 rings (SSSR count). The molecule has 474 valence electrons. The van der Waals surface area contributed by atoms with Crippen LogP contribution in [0.25, 0.3) is 0 Å². The van der Waals surface area contributed by atoms with Crippen molar-refractivity contribution in [2.45, 2.75) is 424 Å². The van der Waals surface area contributed by atoms with E-state index >= 15 is 0 Å². The van der Waals surface area contributed by atoms with Crippen molar-refractivity contribution in [1.29, 1.82) is 0 Å². The summed E-state index contributed by atoms with van der Waals surface area (Å²) < 4.78 is 5.51. The molecule has 0 heterocycles. The van der Waals surface area contributed by atoms with Gasteiger partial charge in [-0.25, -0.2) is 0 Å². The van der Waals surface area contributed by atoms with Crippen molar-refractivity contribution in [2.24, 2.45) is 0 Å². The molecule has 0 aliphatic heterocycles. The number of hydrogen-bond acceptors (Lipinski definition) is 5. The highest BCUT2D eigenvalue weighted by Gasteiger charge is 2.20. The molecule has 2 atom stereocenters. The van der Waals surface area contributed by atoms with Gasteiger partial charge < -0.3 is 20.3 Å². The molecule has 6 nitrogen and oxygen atoms in total. The van der Waals surface area contributed by atoms with Crippen LogP contribution >= 0.6 is 0 Å². The maximum absolute atomic E-state index is 12.5. The van der Waals surface area contributed by atoms with Crippen LogP contribution in [-0.2, 0) is 14.3 Å². The zero-order valence-corrected chi connectivity index (χ0v) is 54.3. The number of hydrogen-bond donors (Lipinski definition) is 3. The molecule has 3 N–H and O–H groups in total. The quantitative estimate of drug-likeness (QED) is 0.0320. The number of aliphatic hydroxyl groups excluding tert-OH is 2. The lowest BCUT2D eigenvalue weighted by molar-refractivity contribution is -0.143. The normalized spacial score (nSPS) is 12.6. The fourth-order valence-electron chi connectivity index (χ4n) is 11.6. The number of carbonyl (C=O) groups excluding carboxylic acids is 2. The Balaban J connectivity index is 3.38. The summed E-state index contributed by atoms with van der Waals surface area (Å²) in [6, 6.07) is -0.544. The molecule has 0 aromatic heterocycles. The zero-order valence-electron chi connectivity index (χ0n) is 54.3. The number of ether oxygens (including phenoxy) is 1. The molecule has 0 fully saturated rings. The molecule has 0 bridgehead atoms. The van der Waals surface area contributed by atoms with Crippen LogP contribution in [-0.4, -0.2) is 47.4 Å². The van der Waals surface area contributed by atoms with Gasteiger partial charge in [0.15, 0.2) is 0 Å². The smallest absolute Gasteiger partial charge is 0.305 e. The summed E-state index contributed by atoms with van der Waals surface area (Å²) in [6.07, 6.45) is 88.0. The Morgan fingerprint density at radius 3 is 0.887 bits per heavy atom. The topological polar surface area (TPSA) is 95.9 Å². The Morgan fingerprint density at radius 1 is 0.338 bits per heavy atom. The van der Waals surface area contributed by atoms with Crippen molar-refractivity contribution >= 4 is 11.9 Å². The number of esters is 1. The summed E-state index contributed by atoms with van der Waals surface area (Å²) in [6.45, 7) is 4.99. The highest BCUT2D eigenvalue weighted by Crippen LogP contribution is 2.19. The molecule has 6 heteroatoms. The van der Waals surface area contributed by atoms with E-state index in [1.54, 1.807) is 0 Å². The number of carbonyl (C=O) groups is 2. The lowest BCUT2D eigenvalue weighted by Gasteiger charge is -2.22. The average Bonchev–Trinajstić information content (AvgIpc) is 3.46. The van der Waals surface area contributed by atoms with Gasteiger partial charge >= 0.3 is 5.97 Å². The molecule has 0 spiro atoms. The van der Waals surface area contributed by atoms with Gasteiger partial charge in [-0.2, -0.15) is 0 Å². The molecule has 0 aliphatic carbocycles. The molecule has 0 aromatic rings. The van der Waals surface area contributed by atoms with E-state index in [0.29, 0.717) is 25.9 Å². The predicted octanol–water partition coefficient (Wildman–Crippen LogP) is 23.7. The molecule has 0 saturated heterocycles. The lowest BCUT2D eigenvalue weighted by atomic mass is 10.0. The van der Waals surface area contributed by atoms with Crippen molar-refractivity contribution < 1.29 is 24.5 Å². The van der Waals surface area contributed by atoms with E-state index in [9.17, 15) is 19.8 Å². The van der Waals surface area contributed by atoms with Gasteiger partial charge in [0.2, 0.25) is 5.91 Å². The largest absolute Gasteiger partial charge is 0.466 e. The number of allylic oxidation sites excluding steroid dienone is 4. The number of amides is 1. The van der Waals surface area contributed by atoms with Crippen LogP contribution in [0.5, 0.6) is 0 Å². The summed E-state index contributed by atoms with van der Waals surface area (Å²) in [7, 11) is 0. The van der Waals surface area contributed by atoms with Gasteiger partial charge in [0, 0.05) is 12.8 Å². The van der Waals surface area contributed by atoms with Crippen molar-refractivity contribution in [3.8, 4) is 0 Å². The minimum Gasteiger partial charge on any atom is -0.466 e. The third-order valence-corrected chi connectivity index (χ3v) is 17.2. The van der Waals surface area contributed by atoms with Gasteiger partial charge in [0.25, 0.3) is 0 Å². The molecule has 0 saturated carbocycles. The lowest BCUT2D eigenvalue weighted by Crippen LogP contribution is -2.45. The molecular formula is C74H143NO5. The van der Waals surface area contributed by atoms with E-state index in [1.165, 1.54) is 334 Å². The van der Waals surface area contributed by atoms with E-state index < -0.39 is 12.1 Å². The fraction of sp³-hybridized carbons (Fsp3) is 0.919. The molecule has 1 amide bonds. The second-order valence-electron chi connectivity index (χ2n) is 25.3. The second-order valence-corrected chi connectivity index (χ2v) is 25.3. The molecule has 0 radical (unpaired) electrons. The first-order valence-corrected chi connectivity index (χ1v) is 36.6. The van der Waals surface area contributed by atoms with Crippen LogP contribution in [0.1, 0.15) is 412 Å². The average molecular weight is 1130 g/mol. The Morgan fingerprint density at radius 2 is 0.588 bits per heavy atom. The number of rotatable bonds is 69. The monoisotopic (exact) mass is 1130 g/mol. The van der Waals surface area contributed by atoms with Crippen LogP contribution in [0.2, 0.25) is 0 Å². The van der Waals surface area contributed by atoms with Gasteiger partial charge in [-0.15, -0.1) is 0 Å². The van der Waals surface area contributed by atoms with Crippen molar-refractivity contribution in [2.75, 3.05) is 13.2 Å². The SMILES string of the molecule is CCCCCCCC/C=C\CCCCCCCCCCCC(=O)OCCCCCCCCCCCCCC/C=C\CCCCCCCCCCCC(=O)NC(CO)C(O)CCCCCCCCCCCCCCCCCCCCC. The van der Waals surface area contributed by atoms with E-state index in [2.05, 4.69) is 43.5 Å². The van der Waals surface area contributed by atoms with Gasteiger partial charge in [0.05, 0.1) is 25.4 Å². The maximum Gasteiger partial charge on any atom is 0.305 e. The Labute approximate surface area is 501 Å². The van der Waals surface area contributed by atoms with Crippen LogP contribution in [0, 0.1) is 0 Å². The van der Waals surface area contributed by atoms with Crippen molar-refractivity contribution in [3.05, 3.63) is 24.3 Å². The second kappa shape index (κ2) is 69.8. The highest BCUT2D eigenvalue weighted by atomic mass is 16.5. The first-order valence-electron chi connectivity index (χ1n) is 36.6. The Bertz CT molecular complexity index is 1250. The minimum absolute atomic E-state index is 0.0141. The number of unbranched alkanes of at least 4 members (excludes halogenated alkanes) is 54. The van der Waals surface area contributed by atoms with E-state index in [4.69, 9.17) is 4.74 Å². The number of aliphatic hydroxyl groups is 2. The van der Waals surface area contributed by atoms with Crippen LogP contribution < -0.4 is 5.32 Å². The summed E-state index contributed by atoms with van der Waals surface area (Å²) in [5, 5.41) is 23.4. The molecule has 0 aromatic carbocycles. The van der Waals surface area contributed by atoms with E-state index in [1.807, 2.05) is 0 Å². The summed E-state index contributed by atoms with van der Waals surface area (Å²) in [5.74, 6) is -0.0199. The third kappa shape index (κ3) is 65.5. The van der Waals surface area contributed by atoms with Crippen molar-refractivity contribution in [3.63, 3.8) is 0 Å². The van der Waals surface area contributed by atoms with Crippen LogP contribution in [0.4, 0.5) is 0 Å². The minimum atomic E-state index is -0.667. The van der Waals surface area contributed by atoms with Crippen LogP contribution in [0.3, 0.4) is 0 Å². The van der Waals surface area contributed by atoms with Gasteiger partial charge in [-0.05, 0) is 77.0 Å². The zero-order chi connectivity index (χ0) is 57.8. The van der Waals surface area contributed by atoms with Crippen LogP contribution in [0.15, 0.2) is 24.3 Å². The summed E-state index contributed by atoms with van der Waals surface area (Å²) in [4.78, 5) is 24.7. The standard InChI is InChI=1S/C74H143NO5/c1-3-5-7-9-11-13-15-17-19-21-30-34-38-42-46-50-54-58-62-66-72(77)71(70-76)75-73(78)67-63-59-55-51-47-43-39-35-32-28-26-24-23-25-27-29-33-37-41-45-49-53-57-61-65-69-80-74(79)68-64-60-56-52-48-44-40-36-31-22-20-18-16-14-12-10-8-6-4-2/h18,20,24,26,71-72,76-77H,3-17,19,21-23,25,27-70H2,1-2H3,(H,75,78)/b20-18-,26-24-. The van der Waals surface area contributed by atoms with Crippen molar-refractivity contribution in [1.82, 2.24) is 5.32 Å². The fourth-order valence-corrected chi connectivity index (χ4v) is 11.6. The van der Waals surface area contributed by atoms with Gasteiger partial charge in [-0.3, -0.25) is 9.59 Å². The maximum atomic E-state index is 12.5. The Kier molecular flexibility index (Phi) is 68.4. The van der Waals surface area contributed by atoms with Gasteiger partial charge in [-0.1, -0.05) is 346 Å². The summed E-state index contributed by atoms with van der Waals surface area (Å²) >= 11 is 0. The molecule has 2 unspecified atom stereocenters. The first kappa shape index (κ1) is 78.3. The third-order valence-electron chi connectivity index (χ3n) is 17.2. The molecule has 80 heavy (non-hydrogen) atoms. The number of nitrogens with one attached hydrogen (secondary N) is 1. The molecule has 0 aliphatic rings. The molecular weight excluding hydrogens is 983 g/mol. The van der Waals surface area contributed by atoms with E-state index in [0.717, 1.165) is 44.9 Å².